The zero-order valence-corrected chi connectivity index (χ0v) is 12.0. The third-order valence-corrected chi connectivity index (χ3v) is 3.54. The van der Waals surface area contributed by atoms with E-state index in [0.29, 0.717) is 0 Å². The molecule has 1 heterocycles. The molecule has 2 rings (SSSR count). The molecule has 2 N–H and O–H groups in total. The SMILES string of the molecule is CCCN(CC1CN(C)CCO1)c1ccccc1N. The molecule has 1 aliphatic heterocycles. The van der Waals surface area contributed by atoms with Crippen molar-refractivity contribution >= 4 is 11.4 Å². The number of morpholine rings is 1. The van der Waals surface area contributed by atoms with Crippen LogP contribution in [0.2, 0.25) is 0 Å². The van der Waals surface area contributed by atoms with Gasteiger partial charge in [-0.05, 0) is 25.6 Å². The monoisotopic (exact) mass is 263 g/mol. The maximum Gasteiger partial charge on any atom is 0.0877 e. The minimum Gasteiger partial charge on any atom is -0.397 e. The van der Waals surface area contributed by atoms with Gasteiger partial charge in [0.15, 0.2) is 0 Å². The number of hydrogen-bond acceptors (Lipinski definition) is 4. The molecule has 4 heteroatoms. The lowest BCUT2D eigenvalue weighted by Crippen LogP contribution is -2.46. The number of ether oxygens (including phenoxy) is 1. The van der Waals surface area contributed by atoms with Crippen LogP contribution in [0.1, 0.15) is 13.3 Å². The summed E-state index contributed by atoms with van der Waals surface area (Å²) in [6.45, 7) is 6.96. The van der Waals surface area contributed by atoms with Crippen molar-refractivity contribution in [3.05, 3.63) is 24.3 Å². The van der Waals surface area contributed by atoms with Crippen molar-refractivity contribution in [2.45, 2.75) is 19.4 Å². The topological polar surface area (TPSA) is 41.7 Å². The van der Waals surface area contributed by atoms with Gasteiger partial charge in [0.25, 0.3) is 0 Å². The first kappa shape index (κ1) is 14.2. The molecule has 1 aliphatic rings. The number of nitrogens with two attached hydrogens (primary N) is 1. The van der Waals surface area contributed by atoms with Gasteiger partial charge in [-0.2, -0.15) is 0 Å². The summed E-state index contributed by atoms with van der Waals surface area (Å²) in [7, 11) is 2.15. The van der Waals surface area contributed by atoms with Crippen molar-refractivity contribution in [1.82, 2.24) is 4.90 Å². The van der Waals surface area contributed by atoms with Crippen molar-refractivity contribution in [2.75, 3.05) is 50.5 Å². The number of para-hydroxylation sites is 2. The van der Waals surface area contributed by atoms with Crippen LogP contribution >= 0.6 is 0 Å². The van der Waals surface area contributed by atoms with E-state index in [9.17, 15) is 0 Å². The van der Waals surface area contributed by atoms with Gasteiger partial charge in [-0.15, -0.1) is 0 Å². The van der Waals surface area contributed by atoms with E-state index in [1.807, 2.05) is 18.2 Å². The second kappa shape index (κ2) is 6.78. The summed E-state index contributed by atoms with van der Waals surface area (Å²) >= 11 is 0. The van der Waals surface area contributed by atoms with Gasteiger partial charge in [0, 0.05) is 26.2 Å². The zero-order valence-electron chi connectivity index (χ0n) is 12.0. The normalized spacial score (nSPS) is 20.4. The molecule has 1 atom stereocenters. The Bertz CT molecular complexity index is 397. The second-order valence-electron chi connectivity index (χ2n) is 5.26. The molecule has 0 spiro atoms. The molecule has 1 fully saturated rings. The van der Waals surface area contributed by atoms with Crippen LogP contribution in [-0.4, -0.2) is 50.8 Å². The number of benzene rings is 1. The van der Waals surface area contributed by atoms with Crippen molar-refractivity contribution in [3.8, 4) is 0 Å². The predicted octanol–water partition coefficient (Wildman–Crippen LogP) is 1.82. The first-order valence-electron chi connectivity index (χ1n) is 7.10. The van der Waals surface area contributed by atoms with Crippen LogP contribution in [0.3, 0.4) is 0 Å². The summed E-state index contributed by atoms with van der Waals surface area (Å²) in [5.41, 5.74) is 8.06. The number of hydrogen-bond donors (Lipinski definition) is 1. The largest absolute Gasteiger partial charge is 0.397 e. The molecule has 1 saturated heterocycles. The molecule has 0 aliphatic carbocycles. The maximum absolute atomic E-state index is 6.09. The lowest BCUT2D eigenvalue weighted by atomic mass is 10.2. The highest BCUT2D eigenvalue weighted by atomic mass is 16.5. The quantitative estimate of drug-likeness (QED) is 0.823. The van der Waals surface area contributed by atoms with Gasteiger partial charge in [0.2, 0.25) is 0 Å². The summed E-state index contributed by atoms with van der Waals surface area (Å²) in [6, 6.07) is 8.08. The van der Waals surface area contributed by atoms with E-state index in [2.05, 4.69) is 29.8 Å². The fourth-order valence-electron chi connectivity index (χ4n) is 2.58. The molecule has 0 radical (unpaired) electrons. The predicted molar refractivity (Wildman–Crippen MR) is 80.6 cm³/mol. The molecule has 1 aromatic rings. The molecule has 0 amide bonds. The van der Waals surface area contributed by atoms with Crippen molar-refractivity contribution in [1.29, 1.82) is 0 Å². The Labute approximate surface area is 116 Å². The molecule has 1 unspecified atom stereocenters. The van der Waals surface area contributed by atoms with E-state index in [4.69, 9.17) is 10.5 Å². The molecule has 106 valence electrons. The summed E-state index contributed by atoms with van der Waals surface area (Å²) < 4.78 is 5.86. The van der Waals surface area contributed by atoms with Gasteiger partial charge >= 0.3 is 0 Å². The highest BCUT2D eigenvalue weighted by molar-refractivity contribution is 5.67. The average Bonchev–Trinajstić information content (AvgIpc) is 2.39. The number of nitrogens with zero attached hydrogens (tertiary/aromatic N) is 2. The van der Waals surface area contributed by atoms with E-state index < -0.39 is 0 Å². The Morgan fingerprint density at radius 3 is 2.89 bits per heavy atom. The van der Waals surface area contributed by atoms with Crippen LogP contribution in [0.5, 0.6) is 0 Å². The maximum atomic E-state index is 6.09. The molecule has 0 aromatic heterocycles. The fraction of sp³-hybridized carbons (Fsp3) is 0.600. The molecule has 0 bridgehead atoms. The van der Waals surface area contributed by atoms with Crippen LogP contribution in [0.15, 0.2) is 24.3 Å². The Kier molecular flexibility index (Phi) is 5.05. The number of anilines is 2. The van der Waals surface area contributed by atoms with Gasteiger partial charge < -0.3 is 20.3 Å². The van der Waals surface area contributed by atoms with E-state index in [0.717, 1.165) is 50.6 Å². The molecule has 4 nitrogen and oxygen atoms in total. The lowest BCUT2D eigenvalue weighted by molar-refractivity contribution is -0.0147. The molecule has 0 saturated carbocycles. The van der Waals surface area contributed by atoms with E-state index in [1.165, 1.54) is 0 Å². The second-order valence-corrected chi connectivity index (χ2v) is 5.26. The van der Waals surface area contributed by atoms with E-state index >= 15 is 0 Å². The molecular weight excluding hydrogens is 238 g/mol. The van der Waals surface area contributed by atoms with Crippen LogP contribution in [0.4, 0.5) is 11.4 Å². The first-order chi connectivity index (χ1) is 9.20. The van der Waals surface area contributed by atoms with E-state index in [-0.39, 0.29) is 6.10 Å². The van der Waals surface area contributed by atoms with Gasteiger partial charge in [-0.25, -0.2) is 0 Å². The zero-order chi connectivity index (χ0) is 13.7. The highest BCUT2D eigenvalue weighted by Crippen LogP contribution is 2.23. The Hall–Kier alpha value is -1.26. The fourth-order valence-corrected chi connectivity index (χ4v) is 2.58. The van der Waals surface area contributed by atoms with Crippen molar-refractivity contribution in [3.63, 3.8) is 0 Å². The molecule has 19 heavy (non-hydrogen) atoms. The van der Waals surface area contributed by atoms with Crippen molar-refractivity contribution in [2.24, 2.45) is 0 Å². The summed E-state index contributed by atoms with van der Waals surface area (Å²) in [5.74, 6) is 0. The standard InChI is InChI=1S/C15H25N3O/c1-3-8-18(15-7-5-4-6-14(15)16)12-13-11-17(2)9-10-19-13/h4-7,13H,3,8-12,16H2,1-2H3. The first-order valence-corrected chi connectivity index (χ1v) is 7.10. The minimum absolute atomic E-state index is 0.268. The van der Waals surface area contributed by atoms with Crippen LogP contribution in [-0.2, 0) is 4.74 Å². The Morgan fingerprint density at radius 1 is 1.42 bits per heavy atom. The number of rotatable bonds is 5. The Balaban J connectivity index is 2.05. The van der Waals surface area contributed by atoms with Crippen LogP contribution in [0, 0.1) is 0 Å². The summed E-state index contributed by atoms with van der Waals surface area (Å²) in [5, 5.41) is 0. The highest BCUT2D eigenvalue weighted by Gasteiger charge is 2.21. The molecular formula is C15H25N3O. The van der Waals surface area contributed by atoms with Gasteiger partial charge in [-0.1, -0.05) is 19.1 Å². The van der Waals surface area contributed by atoms with Crippen molar-refractivity contribution < 1.29 is 4.74 Å². The number of nitrogen functional groups attached to an aromatic ring is 1. The smallest absolute Gasteiger partial charge is 0.0877 e. The van der Waals surface area contributed by atoms with Crippen LogP contribution < -0.4 is 10.6 Å². The third-order valence-electron chi connectivity index (χ3n) is 3.54. The number of likely N-dealkylation sites (N-methyl/N-ethyl adjacent to an activating group) is 1. The molecule has 1 aromatic carbocycles. The van der Waals surface area contributed by atoms with Gasteiger partial charge in [-0.3, -0.25) is 0 Å². The minimum atomic E-state index is 0.268. The third kappa shape index (κ3) is 3.85. The average molecular weight is 263 g/mol. The lowest BCUT2D eigenvalue weighted by Gasteiger charge is -2.35. The van der Waals surface area contributed by atoms with Gasteiger partial charge in [0.1, 0.15) is 0 Å². The Morgan fingerprint density at radius 2 is 2.21 bits per heavy atom. The summed E-state index contributed by atoms with van der Waals surface area (Å²) in [4.78, 5) is 4.67. The van der Waals surface area contributed by atoms with Gasteiger partial charge in [0.05, 0.1) is 24.1 Å². The van der Waals surface area contributed by atoms with E-state index in [1.54, 1.807) is 0 Å². The van der Waals surface area contributed by atoms with Crippen LogP contribution in [0.25, 0.3) is 0 Å². The summed E-state index contributed by atoms with van der Waals surface area (Å²) in [6.07, 6.45) is 1.38.